The number of rotatable bonds is 9. The molecule has 12 nitrogen and oxygen atoms in total. The van der Waals surface area contributed by atoms with Crippen molar-refractivity contribution in [2.45, 2.75) is 39.4 Å². The summed E-state index contributed by atoms with van der Waals surface area (Å²) in [7, 11) is 1.08. The highest BCUT2D eigenvalue weighted by Gasteiger charge is 2.20. The number of ether oxygens (including phenoxy) is 6. The molecule has 150 valence electrons. The number of carbonyl (C=O) groups is 4. The third-order valence-electron chi connectivity index (χ3n) is 2.29. The van der Waals surface area contributed by atoms with Crippen LogP contribution in [0.1, 0.15) is 33.1 Å². The average Bonchev–Trinajstić information content (AvgIpc) is 2.61. The van der Waals surface area contributed by atoms with Crippen LogP contribution in [0.25, 0.3) is 0 Å². The highest BCUT2D eigenvalue weighted by atomic mass is 17.3. The van der Waals surface area contributed by atoms with Crippen molar-refractivity contribution in [1.82, 2.24) is 0 Å². The van der Waals surface area contributed by atoms with Gasteiger partial charge in [-0.2, -0.15) is 19.4 Å². The first-order valence-electron chi connectivity index (χ1n) is 7.68. The molecule has 0 amide bonds. The van der Waals surface area contributed by atoms with E-state index in [0.29, 0.717) is 6.42 Å². The first-order chi connectivity index (χ1) is 12.4. The van der Waals surface area contributed by atoms with E-state index in [9.17, 15) is 19.2 Å². The smallest absolute Gasteiger partial charge is 0.438 e. The second kappa shape index (κ2) is 14.4. The summed E-state index contributed by atoms with van der Waals surface area (Å²) in [5.41, 5.74) is 0. The van der Waals surface area contributed by atoms with E-state index in [-0.39, 0.29) is 32.7 Å². The third-order valence-corrected chi connectivity index (χ3v) is 2.29. The summed E-state index contributed by atoms with van der Waals surface area (Å²) in [6.45, 7) is 3.31. The summed E-state index contributed by atoms with van der Waals surface area (Å²) in [6, 6.07) is 0. The zero-order valence-electron chi connectivity index (χ0n) is 14.7. The Balaban J connectivity index is 4.08. The summed E-state index contributed by atoms with van der Waals surface area (Å²) >= 11 is 0. The van der Waals surface area contributed by atoms with Gasteiger partial charge in [0.25, 0.3) is 6.29 Å². The van der Waals surface area contributed by atoms with E-state index in [1.165, 1.54) is 0 Å². The number of hydrogen-bond acceptors (Lipinski definition) is 12. The molecule has 0 saturated heterocycles. The van der Waals surface area contributed by atoms with Crippen molar-refractivity contribution in [2.75, 3.05) is 26.9 Å². The minimum absolute atomic E-state index is 0.0272. The Hall–Kier alpha value is -2.92. The normalized spacial score (nSPS) is 10.7. The average molecular weight is 382 g/mol. The van der Waals surface area contributed by atoms with Crippen LogP contribution in [0.5, 0.6) is 0 Å². The third kappa shape index (κ3) is 12.5. The Morgan fingerprint density at radius 2 is 1.35 bits per heavy atom. The summed E-state index contributed by atoms with van der Waals surface area (Å²) in [5, 5.41) is 0. The molecular weight excluding hydrogens is 360 g/mol. The SMILES string of the molecule is CCCOC(=O)OOC(=O)OCCCC(OC(=O)OC)OC(=O)OCC. The lowest BCUT2D eigenvalue weighted by atomic mass is 10.3. The van der Waals surface area contributed by atoms with Gasteiger partial charge in [0.05, 0.1) is 26.9 Å². The topological polar surface area (TPSA) is 142 Å². The lowest BCUT2D eigenvalue weighted by molar-refractivity contribution is -0.218. The van der Waals surface area contributed by atoms with Crippen molar-refractivity contribution in [3.63, 3.8) is 0 Å². The van der Waals surface area contributed by atoms with Gasteiger partial charge in [0.15, 0.2) is 0 Å². The predicted molar refractivity (Wildman–Crippen MR) is 79.8 cm³/mol. The molecule has 0 fully saturated rings. The fourth-order valence-corrected chi connectivity index (χ4v) is 1.26. The van der Waals surface area contributed by atoms with Crippen LogP contribution in [0.2, 0.25) is 0 Å². The quantitative estimate of drug-likeness (QED) is 0.144. The summed E-state index contributed by atoms with van der Waals surface area (Å²) in [5.74, 6) is 0. The van der Waals surface area contributed by atoms with Crippen molar-refractivity contribution in [1.29, 1.82) is 0 Å². The molecule has 0 aromatic rings. The molecule has 0 N–H and O–H groups in total. The van der Waals surface area contributed by atoms with Crippen LogP contribution in [0.4, 0.5) is 19.2 Å². The van der Waals surface area contributed by atoms with E-state index in [1.54, 1.807) is 13.8 Å². The van der Waals surface area contributed by atoms with E-state index >= 15 is 0 Å². The fourth-order valence-electron chi connectivity index (χ4n) is 1.26. The van der Waals surface area contributed by atoms with Crippen LogP contribution in [-0.4, -0.2) is 57.8 Å². The van der Waals surface area contributed by atoms with Gasteiger partial charge < -0.3 is 28.4 Å². The highest BCUT2D eigenvalue weighted by Crippen LogP contribution is 2.08. The van der Waals surface area contributed by atoms with Crippen LogP contribution < -0.4 is 0 Å². The van der Waals surface area contributed by atoms with E-state index < -0.39 is 30.9 Å². The predicted octanol–water partition coefficient (Wildman–Crippen LogP) is 2.68. The second-order valence-electron chi connectivity index (χ2n) is 4.31. The summed E-state index contributed by atoms with van der Waals surface area (Å²) < 4.78 is 27.4. The zero-order chi connectivity index (χ0) is 19.8. The van der Waals surface area contributed by atoms with E-state index in [1.807, 2.05) is 0 Å². The number of carbonyl (C=O) groups excluding carboxylic acids is 4. The highest BCUT2D eigenvalue weighted by molar-refractivity contribution is 5.63. The zero-order valence-corrected chi connectivity index (χ0v) is 14.7. The molecule has 0 aromatic heterocycles. The van der Waals surface area contributed by atoms with Gasteiger partial charge in [0.1, 0.15) is 0 Å². The monoisotopic (exact) mass is 382 g/mol. The van der Waals surface area contributed by atoms with Gasteiger partial charge >= 0.3 is 24.6 Å². The Bertz CT molecular complexity index is 449. The minimum atomic E-state index is -1.30. The Labute approximate surface area is 149 Å². The molecule has 26 heavy (non-hydrogen) atoms. The van der Waals surface area contributed by atoms with E-state index in [4.69, 9.17) is 9.47 Å². The van der Waals surface area contributed by atoms with Crippen molar-refractivity contribution in [3.8, 4) is 0 Å². The van der Waals surface area contributed by atoms with Gasteiger partial charge in [-0.1, -0.05) is 6.92 Å². The van der Waals surface area contributed by atoms with Crippen molar-refractivity contribution < 1.29 is 57.4 Å². The van der Waals surface area contributed by atoms with Crippen LogP contribution in [0, 0.1) is 0 Å². The molecule has 0 spiro atoms. The van der Waals surface area contributed by atoms with Crippen LogP contribution in [0.3, 0.4) is 0 Å². The molecule has 0 radical (unpaired) electrons. The molecular formula is C14H22O12. The first kappa shape index (κ1) is 23.1. The van der Waals surface area contributed by atoms with E-state index in [0.717, 1.165) is 7.11 Å². The number of hydrogen-bond donors (Lipinski definition) is 0. The minimum Gasteiger partial charge on any atom is -0.438 e. The maximum Gasteiger partial charge on any atom is 0.549 e. The van der Waals surface area contributed by atoms with Crippen LogP contribution in [-0.2, 0) is 38.2 Å². The largest absolute Gasteiger partial charge is 0.549 e. The van der Waals surface area contributed by atoms with E-state index in [2.05, 4.69) is 28.7 Å². The molecule has 0 aliphatic heterocycles. The molecule has 0 aromatic carbocycles. The summed E-state index contributed by atoms with van der Waals surface area (Å²) in [6.07, 6.45) is -5.23. The molecule has 12 heteroatoms. The molecule has 0 rings (SSSR count). The van der Waals surface area contributed by atoms with Crippen molar-refractivity contribution >= 4 is 24.6 Å². The van der Waals surface area contributed by atoms with Crippen LogP contribution >= 0.6 is 0 Å². The molecule has 0 aliphatic carbocycles. The van der Waals surface area contributed by atoms with Gasteiger partial charge in [-0.3, -0.25) is 0 Å². The fraction of sp³-hybridized carbons (Fsp3) is 0.714. The summed E-state index contributed by atoms with van der Waals surface area (Å²) in [4.78, 5) is 52.5. The Morgan fingerprint density at radius 1 is 0.769 bits per heavy atom. The maximum atomic E-state index is 11.2. The molecule has 0 bridgehead atoms. The molecule has 0 aliphatic rings. The molecule has 1 unspecified atom stereocenters. The van der Waals surface area contributed by atoms with Gasteiger partial charge in [0.2, 0.25) is 0 Å². The maximum absolute atomic E-state index is 11.2. The van der Waals surface area contributed by atoms with Gasteiger partial charge in [-0.15, -0.1) is 0 Å². The second-order valence-corrected chi connectivity index (χ2v) is 4.31. The molecule has 1 atom stereocenters. The van der Waals surface area contributed by atoms with Crippen LogP contribution in [0.15, 0.2) is 0 Å². The molecule has 0 saturated carbocycles. The van der Waals surface area contributed by atoms with Crippen molar-refractivity contribution in [2.24, 2.45) is 0 Å². The number of methoxy groups -OCH3 is 1. The standard InChI is InChI=1S/C14H22O12/c1-4-8-21-13(17)25-26-14(18)22-9-6-7-10(23-11(15)19-3)24-12(16)20-5-2/h10H,4-9H2,1-3H3. The first-order valence-corrected chi connectivity index (χ1v) is 7.68. The lowest BCUT2D eigenvalue weighted by Gasteiger charge is -2.16. The lowest BCUT2D eigenvalue weighted by Crippen LogP contribution is -2.26. The van der Waals surface area contributed by atoms with Crippen molar-refractivity contribution in [3.05, 3.63) is 0 Å². The Morgan fingerprint density at radius 3 is 1.88 bits per heavy atom. The van der Waals surface area contributed by atoms with Gasteiger partial charge in [-0.05, 0) is 19.8 Å². The Kier molecular flexibility index (Phi) is 12.8. The molecule has 0 heterocycles. The van der Waals surface area contributed by atoms with Gasteiger partial charge in [0, 0.05) is 6.42 Å². The van der Waals surface area contributed by atoms with Gasteiger partial charge in [-0.25, -0.2) is 9.59 Å².